The van der Waals surface area contributed by atoms with Gasteiger partial charge in [0, 0.05) is 52.4 Å². The zero-order valence-electron chi connectivity index (χ0n) is 22.1. The summed E-state index contributed by atoms with van der Waals surface area (Å²) in [6.45, 7) is 19.9. The van der Waals surface area contributed by atoms with Crippen molar-refractivity contribution < 1.29 is 28.9 Å². The smallest absolute Gasteiger partial charge is 0.410 e. The van der Waals surface area contributed by atoms with Gasteiger partial charge in [0.1, 0.15) is 11.2 Å². The van der Waals surface area contributed by atoms with Gasteiger partial charge in [0.05, 0.1) is 5.60 Å². The fraction of sp³-hybridized carbons (Fsp3) is 0.913. The molecule has 2 amide bonds. The molecule has 1 atom stereocenters. The summed E-state index contributed by atoms with van der Waals surface area (Å²) >= 11 is 0. The van der Waals surface area contributed by atoms with Crippen LogP contribution in [0.25, 0.3) is 0 Å². The Labute approximate surface area is 199 Å². The molecule has 1 aliphatic rings. The number of ether oxygens (including phenoxy) is 3. The van der Waals surface area contributed by atoms with Gasteiger partial charge in [-0.25, -0.2) is 9.59 Å². The summed E-state index contributed by atoms with van der Waals surface area (Å²) in [6.07, 6.45) is -1.99. The molecule has 10 nitrogen and oxygen atoms in total. The number of aliphatic hydroxyl groups is 1. The quantitative estimate of drug-likeness (QED) is 0.588. The van der Waals surface area contributed by atoms with E-state index < -0.39 is 35.4 Å². The second kappa shape index (κ2) is 12.2. The molecule has 1 saturated heterocycles. The van der Waals surface area contributed by atoms with Crippen molar-refractivity contribution in [2.75, 3.05) is 52.4 Å². The molecule has 10 heteroatoms. The Hall–Kier alpha value is -1.62. The van der Waals surface area contributed by atoms with E-state index in [0.29, 0.717) is 52.4 Å². The first-order chi connectivity index (χ1) is 15.0. The van der Waals surface area contributed by atoms with Crippen LogP contribution in [0.5, 0.6) is 0 Å². The van der Waals surface area contributed by atoms with Crippen molar-refractivity contribution in [3.63, 3.8) is 0 Å². The van der Waals surface area contributed by atoms with Crippen LogP contribution in [0.2, 0.25) is 0 Å². The number of amides is 2. The second-order valence-corrected chi connectivity index (χ2v) is 11.3. The fourth-order valence-electron chi connectivity index (χ4n) is 3.02. The molecular weight excluding hydrogens is 428 g/mol. The molecule has 33 heavy (non-hydrogen) atoms. The number of nitrogens with zero attached hydrogens (tertiary/aromatic N) is 3. The summed E-state index contributed by atoms with van der Waals surface area (Å²) in [7, 11) is 0. The molecule has 0 aromatic rings. The Morgan fingerprint density at radius 3 is 1.42 bits per heavy atom. The summed E-state index contributed by atoms with van der Waals surface area (Å²) in [4.78, 5) is 30.4. The molecule has 0 aliphatic carbocycles. The molecule has 0 radical (unpaired) electrons. The van der Waals surface area contributed by atoms with Gasteiger partial charge in [-0.1, -0.05) is 0 Å². The number of nitrogens with one attached hydrogen (secondary N) is 1. The van der Waals surface area contributed by atoms with Gasteiger partial charge in [-0.05, 0) is 62.3 Å². The highest BCUT2D eigenvalue weighted by Gasteiger charge is 2.28. The van der Waals surface area contributed by atoms with E-state index in [9.17, 15) is 14.7 Å². The van der Waals surface area contributed by atoms with Crippen molar-refractivity contribution in [3.05, 3.63) is 0 Å². The first kappa shape index (κ1) is 29.4. The maximum atomic E-state index is 12.7. The maximum Gasteiger partial charge on any atom is 0.410 e. The average molecular weight is 475 g/mol. The van der Waals surface area contributed by atoms with Gasteiger partial charge < -0.3 is 34.4 Å². The fourth-order valence-corrected chi connectivity index (χ4v) is 3.02. The predicted molar refractivity (Wildman–Crippen MR) is 127 cm³/mol. The number of carbonyl (C=O) groups is 2. The molecule has 1 rings (SSSR count). The lowest BCUT2D eigenvalue weighted by Crippen LogP contribution is -2.52. The molecule has 0 bridgehead atoms. The lowest BCUT2D eigenvalue weighted by molar-refractivity contribution is -0.239. The lowest BCUT2D eigenvalue weighted by Gasteiger charge is -2.36. The van der Waals surface area contributed by atoms with Gasteiger partial charge in [0.15, 0.2) is 0 Å². The van der Waals surface area contributed by atoms with E-state index >= 15 is 0 Å². The van der Waals surface area contributed by atoms with Crippen LogP contribution in [-0.4, -0.2) is 108 Å². The van der Waals surface area contributed by atoms with Crippen LogP contribution in [0.3, 0.4) is 0 Å². The van der Waals surface area contributed by atoms with Crippen LogP contribution >= 0.6 is 0 Å². The van der Waals surface area contributed by atoms with Crippen LogP contribution in [0.4, 0.5) is 9.59 Å². The van der Waals surface area contributed by atoms with Crippen LogP contribution in [0, 0.1) is 0 Å². The number of aliphatic hydroxyl groups excluding tert-OH is 1. The Morgan fingerprint density at radius 2 is 1.09 bits per heavy atom. The van der Waals surface area contributed by atoms with Crippen LogP contribution in [-0.2, 0) is 14.2 Å². The van der Waals surface area contributed by atoms with E-state index in [0.717, 1.165) is 0 Å². The van der Waals surface area contributed by atoms with Crippen molar-refractivity contribution >= 4 is 12.2 Å². The maximum absolute atomic E-state index is 12.7. The van der Waals surface area contributed by atoms with Gasteiger partial charge >= 0.3 is 12.2 Å². The minimum atomic E-state index is -1.19. The summed E-state index contributed by atoms with van der Waals surface area (Å²) in [6, 6.07) is 0. The zero-order valence-corrected chi connectivity index (χ0v) is 22.1. The van der Waals surface area contributed by atoms with Crippen molar-refractivity contribution in [2.45, 2.75) is 85.5 Å². The van der Waals surface area contributed by atoms with E-state index in [4.69, 9.17) is 14.2 Å². The van der Waals surface area contributed by atoms with E-state index in [2.05, 4.69) is 5.32 Å². The Balaban J connectivity index is 3.00. The molecule has 1 heterocycles. The summed E-state index contributed by atoms with van der Waals surface area (Å²) in [5.41, 5.74) is -1.77. The van der Waals surface area contributed by atoms with E-state index in [1.807, 2.05) is 62.3 Å². The summed E-state index contributed by atoms with van der Waals surface area (Å²) in [5, 5.41) is 14.0. The van der Waals surface area contributed by atoms with Gasteiger partial charge in [0.2, 0.25) is 6.41 Å². The summed E-state index contributed by atoms with van der Waals surface area (Å²) in [5.74, 6) is 0. The standard InChI is InChI=1S/C23H46N4O6/c1-21(2,3)31-18(28)25-12-10-24-11-13-26(19(29)32-22(4,5)6)15-17-27(16-14-25)20(30)33-23(7,8)9/h20,24,30H,10-17H2,1-9H3. The van der Waals surface area contributed by atoms with Crippen LogP contribution < -0.4 is 5.32 Å². The molecule has 1 aliphatic heterocycles. The largest absolute Gasteiger partial charge is 0.444 e. The minimum Gasteiger partial charge on any atom is -0.444 e. The predicted octanol–water partition coefficient (Wildman–Crippen LogP) is 2.46. The molecule has 2 N–H and O–H groups in total. The van der Waals surface area contributed by atoms with Crippen LogP contribution in [0.15, 0.2) is 0 Å². The number of hydrogen-bond donors (Lipinski definition) is 2. The second-order valence-electron chi connectivity index (χ2n) is 11.3. The Bertz CT molecular complexity index is 582. The normalized spacial score (nSPS) is 19.3. The highest BCUT2D eigenvalue weighted by Crippen LogP contribution is 2.15. The molecule has 0 spiro atoms. The molecule has 0 saturated carbocycles. The molecular formula is C23H46N4O6. The third-order valence-electron chi connectivity index (χ3n) is 4.51. The Kier molecular flexibility index (Phi) is 10.9. The van der Waals surface area contributed by atoms with Crippen molar-refractivity contribution in [3.8, 4) is 0 Å². The molecule has 194 valence electrons. The highest BCUT2D eigenvalue weighted by atomic mass is 16.6. The SMILES string of the molecule is CC(C)(C)OC(=O)N1CCNCCN(C(=O)OC(C)(C)C)CCN(C(O)OC(C)(C)C)CC1. The number of carbonyl (C=O) groups excluding carboxylic acids is 2. The van der Waals surface area contributed by atoms with Crippen molar-refractivity contribution in [1.29, 1.82) is 0 Å². The number of hydrogen-bond acceptors (Lipinski definition) is 8. The summed E-state index contributed by atoms with van der Waals surface area (Å²) < 4.78 is 16.9. The zero-order chi connectivity index (χ0) is 25.4. The van der Waals surface area contributed by atoms with Crippen molar-refractivity contribution in [2.24, 2.45) is 0 Å². The van der Waals surface area contributed by atoms with Gasteiger partial charge in [0.25, 0.3) is 0 Å². The molecule has 0 aromatic carbocycles. The molecule has 0 aromatic heterocycles. The topological polar surface area (TPSA) is 104 Å². The monoisotopic (exact) mass is 474 g/mol. The van der Waals surface area contributed by atoms with E-state index in [1.165, 1.54) is 0 Å². The van der Waals surface area contributed by atoms with Gasteiger partial charge in [-0.3, -0.25) is 4.90 Å². The molecule has 1 fully saturated rings. The van der Waals surface area contributed by atoms with Crippen LogP contribution in [0.1, 0.15) is 62.3 Å². The van der Waals surface area contributed by atoms with E-state index in [1.54, 1.807) is 14.7 Å². The van der Waals surface area contributed by atoms with Gasteiger partial charge in [-0.15, -0.1) is 0 Å². The Morgan fingerprint density at radius 1 is 0.697 bits per heavy atom. The molecule has 1 unspecified atom stereocenters. The minimum absolute atomic E-state index is 0.341. The van der Waals surface area contributed by atoms with Crippen molar-refractivity contribution in [1.82, 2.24) is 20.0 Å². The first-order valence-corrected chi connectivity index (χ1v) is 11.7. The first-order valence-electron chi connectivity index (χ1n) is 11.7. The highest BCUT2D eigenvalue weighted by molar-refractivity contribution is 5.68. The number of rotatable bonds is 2. The van der Waals surface area contributed by atoms with Gasteiger partial charge in [-0.2, -0.15) is 0 Å². The van der Waals surface area contributed by atoms with E-state index in [-0.39, 0.29) is 0 Å². The lowest BCUT2D eigenvalue weighted by atomic mass is 10.2. The average Bonchev–Trinajstić information content (AvgIpc) is 2.57. The third kappa shape index (κ3) is 13.0. The third-order valence-corrected chi connectivity index (χ3v) is 4.51.